The van der Waals surface area contributed by atoms with Gasteiger partial charge in [-0.15, -0.1) is 0 Å². The Morgan fingerprint density at radius 1 is 1.48 bits per heavy atom. The molecule has 0 aromatic heterocycles. The Hall–Kier alpha value is -1.42. The lowest BCUT2D eigenvalue weighted by molar-refractivity contribution is -0.145. The number of nitrogens with one attached hydrogen (secondary N) is 1. The van der Waals surface area contributed by atoms with Gasteiger partial charge in [-0.25, -0.2) is 4.39 Å². The highest BCUT2D eigenvalue weighted by atomic mass is 19.1. The number of carbonyl (C=O) groups is 1. The second-order valence-electron chi connectivity index (χ2n) is 5.97. The van der Waals surface area contributed by atoms with Gasteiger partial charge in [0.15, 0.2) is 0 Å². The minimum absolute atomic E-state index is 0.184. The fourth-order valence-corrected chi connectivity index (χ4v) is 2.87. The summed E-state index contributed by atoms with van der Waals surface area (Å²) < 4.78 is 18.1. The van der Waals surface area contributed by atoms with Crippen molar-refractivity contribution >= 4 is 5.97 Å². The zero-order valence-electron chi connectivity index (χ0n) is 12.9. The number of ether oxygens (including phenoxy) is 1. The molecule has 0 saturated heterocycles. The third kappa shape index (κ3) is 3.82. The minimum atomic E-state index is -0.251. The highest BCUT2D eigenvalue weighted by molar-refractivity contribution is 5.76. The van der Waals surface area contributed by atoms with Gasteiger partial charge in [0.1, 0.15) is 11.9 Å². The van der Waals surface area contributed by atoms with E-state index in [1.807, 2.05) is 6.07 Å². The number of rotatable bonds is 6. The number of esters is 1. The first-order valence-electron chi connectivity index (χ1n) is 7.64. The van der Waals surface area contributed by atoms with E-state index in [0.29, 0.717) is 12.0 Å². The van der Waals surface area contributed by atoms with E-state index in [0.717, 1.165) is 24.8 Å². The fourth-order valence-electron chi connectivity index (χ4n) is 2.87. The van der Waals surface area contributed by atoms with Crippen molar-refractivity contribution in [3.63, 3.8) is 0 Å². The van der Waals surface area contributed by atoms with E-state index >= 15 is 0 Å². The van der Waals surface area contributed by atoms with Crippen molar-refractivity contribution in [2.45, 2.75) is 51.1 Å². The van der Waals surface area contributed by atoms with Crippen LogP contribution < -0.4 is 5.32 Å². The lowest BCUT2D eigenvalue weighted by Crippen LogP contribution is -2.51. The van der Waals surface area contributed by atoms with Crippen LogP contribution >= 0.6 is 0 Å². The van der Waals surface area contributed by atoms with Gasteiger partial charge in [-0.3, -0.25) is 4.79 Å². The Balaban J connectivity index is 1.90. The topological polar surface area (TPSA) is 38.3 Å². The van der Waals surface area contributed by atoms with Gasteiger partial charge in [-0.05, 0) is 42.4 Å². The van der Waals surface area contributed by atoms with E-state index in [9.17, 15) is 9.18 Å². The molecule has 3 nitrogen and oxygen atoms in total. The predicted molar refractivity (Wildman–Crippen MR) is 80.6 cm³/mol. The normalized spacial score (nSPS) is 24.0. The van der Waals surface area contributed by atoms with Crippen LogP contribution in [0.5, 0.6) is 0 Å². The van der Waals surface area contributed by atoms with Gasteiger partial charge in [-0.1, -0.05) is 32.4 Å². The molecular formula is C17H24FNO2. The van der Waals surface area contributed by atoms with Crippen LogP contribution in [0, 0.1) is 11.7 Å². The van der Waals surface area contributed by atoms with Crippen molar-refractivity contribution in [1.29, 1.82) is 0 Å². The molecule has 0 heterocycles. The van der Waals surface area contributed by atoms with E-state index in [1.54, 1.807) is 12.1 Å². The molecule has 0 radical (unpaired) electrons. The summed E-state index contributed by atoms with van der Waals surface area (Å²) in [4.78, 5) is 11.8. The molecule has 1 saturated carbocycles. The summed E-state index contributed by atoms with van der Waals surface area (Å²) in [6.45, 7) is 4.12. The molecule has 1 aromatic rings. The summed E-state index contributed by atoms with van der Waals surface area (Å²) in [6, 6.07) is 6.84. The Kier molecular flexibility index (Phi) is 5.34. The standard InChI is InChI=1S/C17H24FNO2/c1-4-11(2)16(17(20)21-3)19-15-9-13(10-15)12-6-5-7-14(18)8-12/h5-8,11,13,15-16,19H,4,9-10H2,1-3H3. The van der Waals surface area contributed by atoms with Gasteiger partial charge in [0.25, 0.3) is 0 Å². The number of hydrogen-bond acceptors (Lipinski definition) is 3. The van der Waals surface area contributed by atoms with Gasteiger partial charge in [0.05, 0.1) is 7.11 Å². The summed E-state index contributed by atoms with van der Waals surface area (Å²) in [5.41, 5.74) is 1.05. The van der Waals surface area contributed by atoms with E-state index < -0.39 is 0 Å². The SMILES string of the molecule is CCC(C)C(NC1CC(c2cccc(F)c2)C1)C(=O)OC. The molecule has 1 aromatic carbocycles. The average molecular weight is 293 g/mol. The predicted octanol–water partition coefficient (Wildman–Crippen LogP) is 3.25. The highest BCUT2D eigenvalue weighted by Crippen LogP contribution is 2.37. The summed E-state index contributed by atoms with van der Waals surface area (Å²) in [5.74, 6) is 0.244. The van der Waals surface area contributed by atoms with Crippen LogP contribution in [0.4, 0.5) is 4.39 Å². The first-order chi connectivity index (χ1) is 10.0. The van der Waals surface area contributed by atoms with Gasteiger partial charge in [0.2, 0.25) is 0 Å². The van der Waals surface area contributed by atoms with E-state index in [-0.39, 0.29) is 23.7 Å². The maximum atomic E-state index is 13.2. The number of carbonyl (C=O) groups excluding carboxylic acids is 1. The first-order valence-corrected chi connectivity index (χ1v) is 7.64. The van der Waals surface area contributed by atoms with Crippen LogP contribution in [0.2, 0.25) is 0 Å². The molecule has 2 unspecified atom stereocenters. The Labute approximate surface area is 125 Å². The van der Waals surface area contributed by atoms with Crippen molar-refractivity contribution in [3.8, 4) is 0 Å². The second kappa shape index (κ2) is 7.03. The molecule has 1 fully saturated rings. The van der Waals surface area contributed by atoms with Gasteiger partial charge in [0, 0.05) is 6.04 Å². The van der Waals surface area contributed by atoms with Gasteiger partial charge in [-0.2, -0.15) is 0 Å². The minimum Gasteiger partial charge on any atom is -0.468 e. The van der Waals surface area contributed by atoms with Gasteiger partial charge >= 0.3 is 5.97 Å². The third-order valence-corrected chi connectivity index (χ3v) is 4.54. The highest BCUT2D eigenvalue weighted by Gasteiger charge is 2.35. The molecule has 0 spiro atoms. The monoisotopic (exact) mass is 293 g/mol. The quantitative estimate of drug-likeness (QED) is 0.818. The molecule has 0 bridgehead atoms. The maximum absolute atomic E-state index is 13.2. The largest absolute Gasteiger partial charge is 0.468 e. The summed E-state index contributed by atoms with van der Waals surface area (Å²) in [5, 5.41) is 3.40. The lowest BCUT2D eigenvalue weighted by Gasteiger charge is -2.39. The summed E-state index contributed by atoms with van der Waals surface area (Å²) >= 11 is 0. The molecule has 1 aliphatic carbocycles. The first kappa shape index (κ1) is 16.0. The van der Waals surface area contributed by atoms with Crippen LogP contribution in [0.1, 0.15) is 44.6 Å². The molecule has 1 aliphatic rings. The number of hydrogen-bond donors (Lipinski definition) is 1. The lowest BCUT2D eigenvalue weighted by atomic mass is 9.75. The molecule has 4 heteroatoms. The van der Waals surface area contributed by atoms with Crippen molar-refractivity contribution in [1.82, 2.24) is 5.32 Å². The molecule has 1 N–H and O–H groups in total. The van der Waals surface area contributed by atoms with Crippen LogP contribution in [0.15, 0.2) is 24.3 Å². The summed E-state index contributed by atoms with van der Waals surface area (Å²) in [7, 11) is 1.43. The number of methoxy groups -OCH3 is 1. The van der Waals surface area contributed by atoms with Crippen LogP contribution in [-0.2, 0) is 9.53 Å². The Bertz CT molecular complexity index is 485. The summed E-state index contributed by atoms with van der Waals surface area (Å²) in [6.07, 6.45) is 2.80. The smallest absolute Gasteiger partial charge is 0.323 e. The van der Waals surface area contributed by atoms with E-state index in [2.05, 4.69) is 19.2 Å². The molecular weight excluding hydrogens is 269 g/mol. The van der Waals surface area contributed by atoms with Gasteiger partial charge < -0.3 is 10.1 Å². The number of halogens is 1. The van der Waals surface area contributed by atoms with Crippen molar-refractivity contribution in [2.75, 3.05) is 7.11 Å². The molecule has 0 aliphatic heterocycles. The third-order valence-electron chi connectivity index (χ3n) is 4.54. The Morgan fingerprint density at radius 2 is 2.19 bits per heavy atom. The van der Waals surface area contributed by atoms with Crippen LogP contribution in [0.3, 0.4) is 0 Å². The molecule has 0 amide bonds. The average Bonchev–Trinajstić information content (AvgIpc) is 2.44. The molecule has 21 heavy (non-hydrogen) atoms. The molecule has 2 rings (SSSR count). The second-order valence-corrected chi connectivity index (χ2v) is 5.97. The van der Waals surface area contributed by atoms with Crippen molar-refractivity contribution in [2.24, 2.45) is 5.92 Å². The Morgan fingerprint density at radius 3 is 2.76 bits per heavy atom. The maximum Gasteiger partial charge on any atom is 0.323 e. The molecule has 2 atom stereocenters. The fraction of sp³-hybridized carbons (Fsp3) is 0.588. The van der Waals surface area contributed by atoms with Crippen molar-refractivity contribution < 1.29 is 13.9 Å². The zero-order valence-corrected chi connectivity index (χ0v) is 12.9. The van der Waals surface area contributed by atoms with Crippen LogP contribution in [0.25, 0.3) is 0 Å². The zero-order chi connectivity index (χ0) is 15.4. The number of benzene rings is 1. The van der Waals surface area contributed by atoms with E-state index in [4.69, 9.17) is 4.74 Å². The van der Waals surface area contributed by atoms with E-state index in [1.165, 1.54) is 13.2 Å². The molecule has 116 valence electrons. The van der Waals surface area contributed by atoms with Crippen LogP contribution in [-0.4, -0.2) is 25.2 Å². The van der Waals surface area contributed by atoms with Crippen molar-refractivity contribution in [3.05, 3.63) is 35.6 Å².